The number of aromatic amines is 1. The number of imide groups is 1. The van der Waals surface area contributed by atoms with Crippen molar-refractivity contribution < 1.29 is 24.2 Å². The SMILES string of the molecule is CC1(Oc2ccc3[nH]nc(-c4ccnc(N5CCN(CC6CCC(CN7CCN(c8ccc9c(c8)C(=O)N(C8CCC(=O)NC8=O)C9O)CC7)CC6)CC5)c4)c3c2)CC1. The second kappa shape index (κ2) is 15.5. The minimum absolute atomic E-state index is 0.0253. The van der Waals surface area contributed by atoms with Crippen molar-refractivity contribution in [3.63, 3.8) is 0 Å². The number of fused-ring (bicyclic) bond motifs is 2. The number of anilines is 2. The molecule has 2 saturated carbocycles. The number of aliphatic hydroxyl groups excluding tert-OH is 1. The molecule has 2 aromatic heterocycles. The number of piperazine rings is 2. The van der Waals surface area contributed by atoms with Gasteiger partial charge in [-0.2, -0.15) is 5.10 Å². The fourth-order valence-electron chi connectivity index (χ4n) is 10.1. The molecule has 59 heavy (non-hydrogen) atoms. The summed E-state index contributed by atoms with van der Waals surface area (Å²) in [4.78, 5) is 53.6. The number of nitrogens with zero attached hydrogens (tertiary/aromatic N) is 7. The van der Waals surface area contributed by atoms with Crippen LogP contribution in [-0.4, -0.2) is 130 Å². The van der Waals surface area contributed by atoms with Gasteiger partial charge < -0.3 is 19.6 Å². The van der Waals surface area contributed by atoms with Crippen LogP contribution >= 0.6 is 0 Å². The van der Waals surface area contributed by atoms with E-state index in [4.69, 9.17) is 14.8 Å². The van der Waals surface area contributed by atoms with Gasteiger partial charge in [-0.15, -0.1) is 0 Å². The number of H-pyrrole nitrogens is 1. The van der Waals surface area contributed by atoms with Gasteiger partial charge >= 0.3 is 0 Å². The topological polar surface area (TPSA) is 150 Å². The number of hydrogen-bond acceptors (Lipinski definition) is 11. The Morgan fingerprint density at radius 1 is 0.814 bits per heavy atom. The Bertz CT molecular complexity index is 2230. The fraction of sp³-hybridized carbons (Fsp3) is 0.533. The highest BCUT2D eigenvalue weighted by Crippen LogP contribution is 2.41. The molecule has 0 bridgehead atoms. The minimum Gasteiger partial charge on any atom is -0.488 e. The van der Waals surface area contributed by atoms with E-state index in [0.29, 0.717) is 11.1 Å². The number of amides is 3. The maximum absolute atomic E-state index is 13.4. The van der Waals surface area contributed by atoms with Crippen LogP contribution < -0.4 is 19.9 Å². The minimum atomic E-state index is -1.19. The lowest BCUT2D eigenvalue weighted by atomic mass is 9.81. The van der Waals surface area contributed by atoms with Crippen molar-refractivity contribution in [2.45, 2.75) is 76.2 Å². The second-order valence-electron chi connectivity index (χ2n) is 18.0. The molecule has 14 nitrogen and oxygen atoms in total. The highest BCUT2D eigenvalue weighted by atomic mass is 16.5. The third kappa shape index (κ3) is 7.78. The van der Waals surface area contributed by atoms with E-state index in [1.807, 2.05) is 30.5 Å². The molecule has 6 aliphatic rings. The van der Waals surface area contributed by atoms with Crippen LogP contribution in [0.3, 0.4) is 0 Å². The van der Waals surface area contributed by atoms with Crippen LogP contribution in [-0.2, 0) is 9.59 Å². The number of nitrogens with one attached hydrogen (secondary N) is 2. The van der Waals surface area contributed by atoms with Crippen molar-refractivity contribution >= 4 is 40.1 Å². The second-order valence-corrected chi connectivity index (χ2v) is 18.0. The van der Waals surface area contributed by atoms with E-state index in [0.717, 1.165) is 123 Å². The Morgan fingerprint density at radius 2 is 1.51 bits per heavy atom. The van der Waals surface area contributed by atoms with Crippen molar-refractivity contribution in [3.8, 4) is 17.0 Å². The molecule has 2 aliphatic carbocycles. The summed E-state index contributed by atoms with van der Waals surface area (Å²) >= 11 is 0. The molecular formula is C45H55N9O5. The molecule has 5 fully saturated rings. The van der Waals surface area contributed by atoms with Crippen LogP contribution in [0.5, 0.6) is 5.75 Å². The molecule has 2 unspecified atom stereocenters. The number of ether oxygens (including phenoxy) is 1. The smallest absolute Gasteiger partial charge is 0.257 e. The van der Waals surface area contributed by atoms with Crippen LogP contribution in [0, 0.1) is 11.8 Å². The van der Waals surface area contributed by atoms with Crippen LogP contribution in [0.1, 0.15) is 80.4 Å². The van der Waals surface area contributed by atoms with E-state index in [-0.39, 0.29) is 30.3 Å². The first-order chi connectivity index (χ1) is 28.7. The number of hydrogen-bond donors (Lipinski definition) is 3. The van der Waals surface area contributed by atoms with E-state index in [2.05, 4.69) is 61.2 Å². The van der Waals surface area contributed by atoms with Gasteiger partial charge in [0.25, 0.3) is 5.91 Å². The molecule has 2 atom stereocenters. The predicted octanol–water partition coefficient (Wildman–Crippen LogP) is 4.56. The van der Waals surface area contributed by atoms with Crippen LogP contribution in [0.2, 0.25) is 0 Å². The molecule has 4 aliphatic heterocycles. The summed E-state index contributed by atoms with van der Waals surface area (Å²) in [6.07, 6.45) is 8.45. The van der Waals surface area contributed by atoms with Gasteiger partial charge in [0.1, 0.15) is 28.9 Å². The Hall–Kier alpha value is -5.05. The van der Waals surface area contributed by atoms with Gasteiger partial charge in [-0.3, -0.25) is 39.5 Å². The first-order valence-electron chi connectivity index (χ1n) is 21.7. The summed E-state index contributed by atoms with van der Waals surface area (Å²) in [5.41, 5.74) is 4.90. The fourth-order valence-corrected chi connectivity index (χ4v) is 10.1. The van der Waals surface area contributed by atoms with E-state index in [1.165, 1.54) is 37.1 Å². The molecule has 310 valence electrons. The van der Waals surface area contributed by atoms with Crippen molar-refractivity contribution in [2.75, 3.05) is 75.2 Å². The van der Waals surface area contributed by atoms with E-state index in [1.54, 1.807) is 0 Å². The average Bonchev–Trinajstić information content (AvgIpc) is 3.73. The number of aliphatic hydroxyl groups is 1. The molecule has 3 saturated heterocycles. The number of carbonyl (C=O) groups is 3. The first-order valence-corrected chi connectivity index (χ1v) is 21.7. The number of pyridine rings is 1. The molecule has 14 heteroatoms. The quantitative estimate of drug-likeness (QED) is 0.194. The van der Waals surface area contributed by atoms with E-state index >= 15 is 0 Å². The van der Waals surface area contributed by atoms with Crippen molar-refractivity contribution in [2.24, 2.45) is 11.8 Å². The van der Waals surface area contributed by atoms with Gasteiger partial charge in [0, 0.05) is 106 Å². The highest BCUT2D eigenvalue weighted by Gasteiger charge is 2.45. The van der Waals surface area contributed by atoms with Crippen molar-refractivity contribution in [1.82, 2.24) is 35.2 Å². The van der Waals surface area contributed by atoms with Gasteiger partial charge in [-0.1, -0.05) is 6.07 Å². The molecule has 3 N–H and O–H groups in total. The number of aromatic nitrogens is 3. The van der Waals surface area contributed by atoms with Gasteiger partial charge in [0.2, 0.25) is 11.8 Å². The summed E-state index contributed by atoms with van der Waals surface area (Å²) in [7, 11) is 0. The zero-order chi connectivity index (χ0) is 40.3. The summed E-state index contributed by atoms with van der Waals surface area (Å²) in [6, 6.07) is 15.2. The number of rotatable bonds is 10. The molecule has 3 amide bonds. The summed E-state index contributed by atoms with van der Waals surface area (Å²) in [5.74, 6) is 2.17. The Kier molecular flexibility index (Phi) is 10.0. The summed E-state index contributed by atoms with van der Waals surface area (Å²) in [5, 5.41) is 22.2. The lowest BCUT2D eigenvalue weighted by molar-refractivity contribution is -0.139. The molecule has 10 rings (SSSR count). The standard InChI is InChI=1S/C45H55N9O5/c1-45(13-14-45)59-33-7-9-37-36(26-33)41(49-48-37)31-12-15-46-39(24-31)53-22-18-51(19-23-53)28-30-4-2-29(3-5-30)27-50-16-20-52(21-17-50)32-6-8-34-35(25-32)44(58)54(43(34)57)38-10-11-40(55)47-42(38)56/h6-9,12,15,24-26,29-30,38,43,57H,2-5,10-11,13-14,16-23,27-28H2,1H3,(H,48,49)(H,47,55,56). The van der Waals surface area contributed by atoms with Crippen molar-refractivity contribution in [3.05, 3.63) is 65.9 Å². The van der Waals surface area contributed by atoms with E-state index < -0.39 is 18.2 Å². The van der Waals surface area contributed by atoms with Crippen LogP contribution in [0.4, 0.5) is 11.5 Å². The average molecular weight is 802 g/mol. The zero-order valence-electron chi connectivity index (χ0n) is 33.9. The largest absolute Gasteiger partial charge is 0.488 e. The van der Waals surface area contributed by atoms with E-state index in [9.17, 15) is 19.5 Å². The Labute approximate surface area is 344 Å². The Morgan fingerprint density at radius 3 is 2.19 bits per heavy atom. The lowest BCUT2D eigenvalue weighted by Crippen LogP contribution is -2.53. The molecule has 2 aromatic carbocycles. The normalized spacial score (nSPS) is 26.3. The monoisotopic (exact) mass is 801 g/mol. The third-order valence-corrected chi connectivity index (χ3v) is 13.9. The molecule has 6 heterocycles. The van der Waals surface area contributed by atoms with Crippen LogP contribution in [0.25, 0.3) is 22.2 Å². The predicted molar refractivity (Wildman–Crippen MR) is 224 cm³/mol. The maximum atomic E-state index is 13.4. The number of piperidine rings is 1. The van der Waals surface area contributed by atoms with Gasteiger partial charge in [0.05, 0.1) is 5.52 Å². The van der Waals surface area contributed by atoms with Gasteiger partial charge in [0.15, 0.2) is 6.23 Å². The Balaban J connectivity index is 0.665. The highest BCUT2D eigenvalue weighted by molar-refractivity contribution is 6.06. The number of benzene rings is 2. The first kappa shape index (κ1) is 38.2. The van der Waals surface area contributed by atoms with Crippen molar-refractivity contribution in [1.29, 1.82) is 0 Å². The van der Waals surface area contributed by atoms with Gasteiger partial charge in [-0.05, 0) is 106 Å². The molecule has 0 spiro atoms. The molecular weight excluding hydrogens is 747 g/mol. The lowest BCUT2D eigenvalue weighted by Gasteiger charge is -2.40. The zero-order valence-corrected chi connectivity index (χ0v) is 33.9. The molecule has 0 radical (unpaired) electrons. The third-order valence-electron chi connectivity index (χ3n) is 13.9. The van der Waals surface area contributed by atoms with Crippen LogP contribution in [0.15, 0.2) is 54.7 Å². The maximum Gasteiger partial charge on any atom is 0.257 e. The summed E-state index contributed by atoms with van der Waals surface area (Å²) in [6.45, 7) is 12.3. The number of carbonyl (C=O) groups excluding carboxylic acids is 3. The van der Waals surface area contributed by atoms with Gasteiger partial charge in [-0.25, -0.2) is 4.98 Å². The molecule has 4 aromatic rings. The summed E-state index contributed by atoms with van der Waals surface area (Å²) < 4.78 is 6.25.